The summed E-state index contributed by atoms with van der Waals surface area (Å²) in [5.74, 6) is 1.11. The first-order valence-corrected chi connectivity index (χ1v) is 9.30. The molecule has 0 radical (unpaired) electrons. The van der Waals surface area contributed by atoms with Crippen LogP contribution in [-0.4, -0.2) is 33.5 Å². The van der Waals surface area contributed by atoms with Crippen LogP contribution < -0.4 is 14.3 Å². The number of carbonyl (C=O) groups is 1. The fourth-order valence-corrected chi connectivity index (χ4v) is 4.06. The second-order valence-electron chi connectivity index (χ2n) is 6.53. The van der Waals surface area contributed by atoms with Gasteiger partial charge in [-0.05, 0) is 26.8 Å². The van der Waals surface area contributed by atoms with Crippen molar-refractivity contribution in [1.29, 1.82) is 0 Å². The van der Waals surface area contributed by atoms with E-state index in [0.717, 1.165) is 27.4 Å². The average Bonchev–Trinajstić information content (AvgIpc) is 3.14. The maximum absolute atomic E-state index is 12.6. The Labute approximate surface area is 154 Å². The molecule has 7 nitrogen and oxygen atoms in total. The summed E-state index contributed by atoms with van der Waals surface area (Å²) < 4.78 is 16.0. The number of hydrogen-bond acceptors (Lipinski definition) is 5. The molecule has 0 aliphatic carbocycles. The Bertz CT molecular complexity index is 1070. The zero-order valence-corrected chi connectivity index (χ0v) is 16.0. The molecule has 1 aliphatic heterocycles. The summed E-state index contributed by atoms with van der Waals surface area (Å²) in [6.45, 7) is 7.09. The van der Waals surface area contributed by atoms with E-state index in [9.17, 15) is 4.79 Å². The Morgan fingerprint density at radius 1 is 1.23 bits per heavy atom. The maximum atomic E-state index is 12.6. The van der Waals surface area contributed by atoms with E-state index >= 15 is 0 Å². The van der Waals surface area contributed by atoms with Crippen LogP contribution in [0.15, 0.2) is 23.2 Å². The summed E-state index contributed by atoms with van der Waals surface area (Å²) in [7, 11) is 1.89. The molecule has 0 bridgehead atoms. The molecule has 3 aromatic rings. The van der Waals surface area contributed by atoms with Crippen LogP contribution in [0.25, 0.3) is 10.2 Å². The van der Waals surface area contributed by atoms with E-state index in [-0.39, 0.29) is 11.9 Å². The quantitative estimate of drug-likeness (QED) is 0.694. The molecule has 0 N–H and O–H groups in total. The first-order chi connectivity index (χ1) is 12.4. The van der Waals surface area contributed by atoms with Crippen molar-refractivity contribution in [2.75, 3.05) is 13.2 Å². The van der Waals surface area contributed by atoms with Crippen LogP contribution in [0.1, 0.15) is 36.1 Å². The second kappa shape index (κ2) is 6.28. The van der Waals surface area contributed by atoms with Crippen LogP contribution in [0.3, 0.4) is 0 Å². The number of ether oxygens (including phenoxy) is 2. The SMILES string of the molecule is Cc1cc(C(=O)N=c2sc3cc4c(cc3n2C)OCCO4)nn1C(C)C. The first-order valence-electron chi connectivity index (χ1n) is 8.48. The van der Waals surface area contributed by atoms with E-state index in [0.29, 0.717) is 23.7 Å². The van der Waals surface area contributed by atoms with E-state index in [4.69, 9.17) is 9.47 Å². The van der Waals surface area contributed by atoms with Gasteiger partial charge in [0.15, 0.2) is 22.0 Å². The van der Waals surface area contributed by atoms with Gasteiger partial charge in [0.1, 0.15) is 13.2 Å². The van der Waals surface area contributed by atoms with Crippen LogP contribution in [0.2, 0.25) is 0 Å². The molecular weight excluding hydrogens is 352 g/mol. The Balaban J connectivity index is 1.77. The third kappa shape index (κ3) is 2.80. The lowest BCUT2D eigenvalue weighted by Gasteiger charge is -2.18. The van der Waals surface area contributed by atoms with Crippen molar-refractivity contribution in [2.45, 2.75) is 26.8 Å². The molecule has 4 rings (SSSR count). The predicted octanol–water partition coefficient (Wildman–Crippen LogP) is 2.84. The Kier molecular flexibility index (Phi) is 4.07. The fourth-order valence-electron chi connectivity index (χ4n) is 3.03. The van der Waals surface area contributed by atoms with Gasteiger partial charge in [0.25, 0.3) is 5.91 Å². The summed E-state index contributed by atoms with van der Waals surface area (Å²) in [4.78, 5) is 17.5. The van der Waals surface area contributed by atoms with Crippen LogP contribution in [-0.2, 0) is 7.05 Å². The van der Waals surface area contributed by atoms with Gasteiger partial charge < -0.3 is 14.0 Å². The number of nitrogens with zero attached hydrogens (tertiary/aromatic N) is 4. The summed E-state index contributed by atoms with van der Waals surface area (Å²) in [5, 5.41) is 4.38. The van der Waals surface area contributed by atoms with Gasteiger partial charge >= 0.3 is 0 Å². The van der Waals surface area contributed by atoms with E-state index in [1.54, 1.807) is 6.07 Å². The lowest BCUT2D eigenvalue weighted by atomic mass is 10.3. The molecule has 1 aliphatic rings. The van der Waals surface area contributed by atoms with Crippen molar-refractivity contribution in [2.24, 2.45) is 12.0 Å². The molecule has 1 aromatic carbocycles. The number of aromatic nitrogens is 3. The summed E-state index contributed by atoms with van der Waals surface area (Å²) >= 11 is 1.44. The summed E-state index contributed by atoms with van der Waals surface area (Å²) in [6.07, 6.45) is 0. The molecule has 0 spiro atoms. The van der Waals surface area contributed by atoms with Gasteiger partial charge in [-0.1, -0.05) is 11.3 Å². The largest absolute Gasteiger partial charge is 0.486 e. The third-order valence-corrected chi connectivity index (χ3v) is 5.40. The first kappa shape index (κ1) is 16.8. The number of rotatable bonds is 2. The molecule has 1 amide bonds. The molecule has 0 atom stereocenters. The van der Waals surface area contributed by atoms with Crippen LogP contribution in [0, 0.1) is 6.92 Å². The normalized spacial score (nSPS) is 14.4. The molecule has 136 valence electrons. The molecule has 26 heavy (non-hydrogen) atoms. The molecule has 0 unspecified atom stereocenters. The number of fused-ring (bicyclic) bond motifs is 2. The lowest BCUT2D eigenvalue weighted by Crippen LogP contribution is -2.16. The molecule has 0 fully saturated rings. The third-order valence-electron chi connectivity index (χ3n) is 4.30. The number of aryl methyl sites for hydroxylation is 2. The minimum absolute atomic E-state index is 0.198. The van der Waals surface area contributed by atoms with E-state index < -0.39 is 0 Å². The standard InChI is InChI=1S/C18H20N4O3S/c1-10(2)22-11(3)7-12(20-22)17(23)19-18-21(4)13-8-14-15(9-16(13)26-18)25-6-5-24-14/h7-10H,5-6H2,1-4H3. The van der Waals surface area contributed by atoms with Crippen molar-refractivity contribution in [3.63, 3.8) is 0 Å². The maximum Gasteiger partial charge on any atom is 0.300 e. The number of carbonyl (C=O) groups excluding carboxylic acids is 1. The zero-order valence-electron chi connectivity index (χ0n) is 15.1. The predicted molar refractivity (Wildman–Crippen MR) is 99.0 cm³/mol. The van der Waals surface area contributed by atoms with E-state index in [1.165, 1.54) is 11.3 Å². The molecule has 8 heteroatoms. The van der Waals surface area contributed by atoms with Crippen molar-refractivity contribution in [3.05, 3.63) is 34.4 Å². The van der Waals surface area contributed by atoms with E-state index in [1.807, 2.05) is 49.2 Å². The highest BCUT2D eigenvalue weighted by molar-refractivity contribution is 7.16. The number of thiazole rings is 1. The summed E-state index contributed by atoms with van der Waals surface area (Å²) in [5.41, 5.74) is 2.26. The van der Waals surface area contributed by atoms with Gasteiger partial charge in [-0.3, -0.25) is 9.48 Å². The minimum Gasteiger partial charge on any atom is -0.486 e. The highest BCUT2D eigenvalue weighted by Crippen LogP contribution is 2.35. The fraction of sp³-hybridized carbons (Fsp3) is 0.389. The zero-order chi connectivity index (χ0) is 18.4. The average molecular weight is 372 g/mol. The lowest BCUT2D eigenvalue weighted by molar-refractivity contribution is 0.0992. The van der Waals surface area contributed by atoms with Crippen molar-refractivity contribution in [3.8, 4) is 11.5 Å². The Morgan fingerprint density at radius 2 is 1.92 bits per heavy atom. The Hall–Kier alpha value is -2.61. The van der Waals surface area contributed by atoms with Gasteiger partial charge in [0.2, 0.25) is 0 Å². The van der Waals surface area contributed by atoms with Gasteiger partial charge in [0.05, 0.1) is 10.2 Å². The number of hydrogen-bond donors (Lipinski definition) is 0. The molecule has 3 heterocycles. The van der Waals surface area contributed by atoms with Crippen molar-refractivity contribution in [1.82, 2.24) is 14.3 Å². The van der Waals surface area contributed by atoms with Gasteiger partial charge in [-0.25, -0.2) is 0 Å². The van der Waals surface area contributed by atoms with Crippen molar-refractivity contribution >= 4 is 27.5 Å². The Morgan fingerprint density at radius 3 is 2.58 bits per heavy atom. The second-order valence-corrected chi connectivity index (χ2v) is 7.54. The van der Waals surface area contributed by atoms with Gasteiger partial charge in [0, 0.05) is 30.9 Å². The minimum atomic E-state index is -0.341. The topological polar surface area (TPSA) is 70.6 Å². The van der Waals surface area contributed by atoms with E-state index in [2.05, 4.69) is 10.1 Å². The van der Waals surface area contributed by atoms with Crippen LogP contribution in [0.5, 0.6) is 11.5 Å². The van der Waals surface area contributed by atoms with Gasteiger partial charge in [-0.15, -0.1) is 0 Å². The number of benzene rings is 1. The highest BCUT2D eigenvalue weighted by atomic mass is 32.1. The molecule has 0 saturated heterocycles. The van der Waals surface area contributed by atoms with Crippen molar-refractivity contribution < 1.29 is 14.3 Å². The van der Waals surface area contributed by atoms with Gasteiger partial charge in [-0.2, -0.15) is 10.1 Å². The highest BCUT2D eigenvalue weighted by Gasteiger charge is 2.17. The monoisotopic (exact) mass is 372 g/mol. The smallest absolute Gasteiger partial charge is 0.300 e. The van der Waals surface area contributed by atoms with Crippen LogP contribution in [0.4, 0.5) is 0 Å². The molecular formula is C18H20N4O3S. The molecule has 2 aromatic heterocycles. The van der Waals surface area contributed by atoms with Crippen LogP contribution >= 0.6 is 11.3 Å². The number of amides is 1. The summed E-state index contributed by atoms with van der Waals surface area (Å²) in [6, 6.07) is 5.85. The molecule has 0 saturated carbocycles.